The van der Waals surface area contributed by atoms with Gasteiger partial charge in [0, 0.05) is 11.1 Å². The van der Waals surface area contributed by atoms with Gasteiger partial charge in [-0.15, -0.1) is 11.3 Å². The molecule has 0 spiro atoms. The zero-order valence-corrected chi connectivity index (χ0v) is 15.4. The Hall–Kier alpha value is -2.36. The molecule has 1 heterocycles. The van der Waals surface area contributed by atoms with Crippen molar-refractivity contribution < 1.29 is 32.6 Å². The van der Waals surface area contributed by atoms with Gasteiger partial charge in [0.05, 0.1) is 12.3 Å². The van der Waals surface area contributed by atoms with Crippen LogP contribution in [-0.4, -0.2) is 36.0 Å². The molecule has 0 bridgehead atoms. The highest BCUT2D eigenvalue weighted by Gasteiger charge is 2.38. The Bertz CT molecular complexity index is 759. The Kier molecular flexibility index (Phi) is 6.59. The third-order valence-corrected chi connectivity index (χ3v) is 4.59. The lowest BCUT2D eigenvalue weighted by Gasteiger charge is -2.14. The number of hydrogen-bond donors (Lipinski definition) is 2. The summed E-state index contributed by atoms with van der Waals surface area (Å²) in [5.74, 6) is -4.33. The molecule has 0 fully saturated rings. The summed E-state index contributed by atoms with van der Waals surface area (Å²) in [6, 6.07) is 1.49. The van der Waals surface area contributed by atoms with E-state index in [0.29, 0.717) is 6.21 Å². The summed E-state index contributed by atoms with van der Waals surface area (Å²) in [6.07, 6.45) is -4.65. The van der Waals surface area contributed by atoms with Crippen LogP contribution in [0.5, 0.6) is 0 Å². The molecule has 6 nitrogen and oxygen atoms in total. The normalized spacial score (nSPS) is 13.7. The number of aliphatic imine (C=N–C) groups is 1. The molecule has 0 aliphatic carbocycles. The molecule has 26 heavy (non-hydrogen) atoms. The van der Waals surface area contributed by atoms with Gasteiger partial charge in [-0.3, -0.25) is 9.79 Å². The largest absolute Gasteiger partial charge is 0.504 e. The number of primary amides is 1. The zero-order chi connectivity index (χ0) is 20.3. The van der Waals surface area contributed by atoms with Crippen LogP contribution >= 0.6 is 11.3 Å². The molecule has 0 saturated heterocycles. The summed E-state index contributed by atoms with van der Waals surface area (Å²) in [7, 11) is 0. The van der Waals surface area contributed by atoms with Crippen LogP contribution in [-0.2, 0) is 14.9 Å². The first-order chi connectivity index (χ1) is 11.8. The van der Waals surface area contributed by atoms with E-state index >= 15 is 0 Å². The number of rotatable bonds is 5. The Balaban J connectivity index is 3.45. The third-order valence-electron chi connectivity index (χ3n) is 3.03. The number of aliphatic hydroxyl groups excluding tert-OH is 1. The average Bonchev–Trinajstić information content (AvgIpc) is 2.91. The highest BCUT2D eigenvalue weighted by Crippen LogP contribution is 2.37. The standard InChI is InChI=1S/C16H19F3N2O4S/c1-5-25-14(24)8(12(22)16(17,18)19)7-21-9-6-10(15(2,3)4)26-11(9)13(20)23/h6-7,22H,5H2,1-4H3,(H2,20,23). The lowest BCUT2D eigenvalue weighted by Crippen LogP contribution is -2.20. The van der Waals surface area contributed by atoms with Gasteiger partial charge in [-0.25, -0.2) is 4.79 Å². The fourth-order valence-electron chi connectivity index (χ4n) is 1.73. The van der Waals surface area contributed by atoms with Crippen molar-refractivity contribution >= 4 is 35.1 Å². The Morgan fingerprint density at radius 2 is 1.92 bits per heavy atom. The molecule has 0 unspecified atom stereocenters. The molecule has 0 aliphatic rings. The van der Waals surface area contributed by atoms with Gasteiger partial charge in [-0.05, 0) is 18.4 Å². The second kappa shape index (κ2) is 7.90. The first-order valence-corrected chi connectivity index (χ1v) is 8.26. The van der Waals surface area contributed by atoms with E-state index in [9.17, 15) is 27.9 Å². The van der Waals surface area contributed by atoms with E-state index in [1.54, 1.807) is 0 Å². The number of thiophene rings is 1. The number of carbonyl (C=O) groups is 2. The van der Waals surface area contributed by atoms with Gasteiger partial charge >= 0.3 is 12.1 Å². The number of alkyl halides is 3. The summed E-state index contributed by atoms with van der Waals surface area (Å²) in [5.41, 5.74) is 3.76. The van der Waals surface area contributed by atoms with E-state index in [0.717, 1.165) is 16.2 Å². The van der Waals surface area contributed by atoms with Gasteiger partial charge in [0.25, 0.3) is 5.91 Å². The second-order valence-electron chi connectivity index (χ2n) is 6.18. The maximum absolute atomic E-state index is 12.7. The molecule has 144 valence electrons. The van der Waals surface area contributed by atoms with Crippen molar-refractivity contribution in [2.75, 3.05) is 6.61 Å². The van der Waals surface area contributed by atoms with E-state index in [1.807, 2.05) is 20.8 Å². The van der Waals surface area contributed by atoms with Crippen LogP contribution < -0.4 is 5.73 Å². The molecule has 10 heteroatoms. The van der Waals surface area contributed by atoms with Crippen LogP contribution in [0.15, 0.2) is 22.4 Å². The quantitative estimate of drug-likeness (QED) is 0.344. The van der Waals surface area contributed by atoms with E-state index in [-0.39, 0.29) is 22.6 Å². The molecule has 1 aromatic rings. The van der Waals surface area contributed by atoms with Crippen molar-refractivity contribution in [3.63, 3.8) is 0 Å². The van der Waals surface area contributed by atoms with E-state index in [4.69, 9.17) is 5.73 Å². The Morgan fingerprint density at radius 3 is 2.35 bits per heavy atom. The van der Waals surface area contributed by atoms with E-state index in [1.165, 1.54) is 13.0 Å². The number of nitrogens with two attached hydrogens (primary N) is 1. The minimum Gasteiger partial charge on any atom is -0.504 e. The van der Waals surface area contributed by atoms with Crippen LogP contribution in [0.2, 0.25) is 0 Å². The van der Waals surface area contributed by atoms with E-state index < -0.39 is 29.4 Å². The monoisotopic (exact) mass is 392 g/mol. The lowest BCUT2D eigenvalue weighted by atomic mass is 9.94. The molecule has 1 aromatic heterocycles. The molecular weight excluding hydrogens is 373 g/mol. The van der Waals surface area contributed by atoms with Crippen molar-refractivity contribution in [2.45, 2.75) is 39.3 Å². The molecule has 0 saturated carbocycles. The number of halogens is 3. The fourth-order valence-corrected chi connectivity index (χ4v) is 2.74. The number of ether oxygens (including phenoxy) is 1. The number of allylic oxidation sites excluding steroid dienone is 1. The third kappa shape index (κ3) is 5.32. The number of carbonyl (C=O) groups excluding carboxylic acids is 2. The van der Waals surface area contributed by atoms with Gasteiger partial charge < -0.3 is 15.6 Å². The summed E-state index contributed by atoms with van der Waals surface area (Å²) >= 11 is 1.05. The smallest absolute Gasteiger partial charge is 0.449 e. The van der Waals surface area contributed by atoms with Crippen molar-refractivity contribution in [2.24, 2.45) is 10.7 Å². The fraction of sp³-hybridized carbons (Fsp3) is 0.438. The van der Waals surface area contributed by atoms with Gasteiger partial charge in [0.15, 0.2) is 0 Å². The SMILES string of the molecule is CCOC(=O)C(C=Nc1cc(C(C)(C)C)sc1C(N)=O)=C(O)C(F)(F)F. The minimum absolute atomic E-state index is 0.00389. The zero-order valence-electron chi connectivity index (χ0n) is 14.6. The van der Waals surface area contributed by atoms with E-state index in [2.05, 4.69) is 9.73 Å². The predicted molar refractivity (Wildman–Crippen MR) is 92.0 cm³/mol. The molecule has 0 radical (unpaired) electrons. The minimum atomic E-state index is -5.16. The molecular formula is C16H19F3N2O4S. The van der Waals surface area contributed by atoms with Crippen molar-refractivity contribution in [1.29, 1.82) is 0 Å². The van der Waals surface area contributed by atoms with Crippen molar-refractivity contribution in [3.05, 3.63) is 27.2 Å². The van der Waals surface area contributed by atoms with Gasteiger partial charge in [0.2, 0.25) is 5.76 Å². The Labute approximate surface area is 152 Å². The number of aliphatic hydroxyl groups is 1. The van der Waals surface area contributed by atoms with Gasteiger partial charge in [-0.2, -0.15) is 13.2 Å². The molecule has 0 aromatic carbocycles. The number of hydrogen-bond acceptors (Lipinski definition) is 6. The maximum atomic E-state index is 12.7. The molecule has 0 atom stereocenters. The topological polar surface area (TPSA) is 102 Å². The highest BCUT2D eigenvalue weighted by molar-refractivity contribution is 7.14. The Morgan fingerprint density at radius 1 is 1.35 bits per heavy atom. The molecule has 1 amide bonds. The van der Waals surface area contributed by atoms with Crippen LogP contribution in [0.4, 0.5) is 18.9 Å². The van der Waals surface area contributed by atoms with Crippen LogP contribution in [0.3, 0.4) is 0 Å². The van der Waals surface area contributed by atoms with Crippen molar-refractivity contribution in [1.82, 2.24) is 0 Å². The molecule has 3 N–H and O–H groups in total. The van der Waals surface area contributed by atoms with Gasteiger partial charge in [0.1, 0.15) is 10.5 Å². The van der Waals surface area contributed by atoms with Crippen LogP contribution in [0, 0.1) is 0 Å². The second-order valence-corrected chi connectivity index (χ2v) is 7.23. The first-order valence-electron chi connectivity index (χ1n) is 7.44. The maximum Gasteiger partial charge on any atom is 0.449 e. The van der Waals surface area contributed by atoms with Crippen LogP contribution in [0.25, 0.3) is 0 Å². The average molecular weight is 392 g/mol. The lowest BCUT2D eigenvalue weighted by molar-refractivity contribution is -0.141. The predicted octanol–water partition coefficient (Wildman–Crippen LogP) is 3.78. The first kappa shape index (κ1) is 21.7. The molecule has 1 rings (SSSR count). The van der Waals surface area contributed by atoms with Gasteiger partial charge in [-0.1, -0.05) is 20.8 Å². The summed E-state index contributed by atoms with van der Waals surface area (Å²) in [5, 5.41) is 9.31. The summed E-state index contributed by atoms with van der Waals surface area (Å²) < 4.78 is 42.7. The number of amides is 1. The van der Waals surface area contributed by atoms with Crippen molar-refractivity contribution in [3.8, 4) is 0 Å². The molecule has 0 aliphatic heterocycles. The van der Waals surface area contributed by atoms with Crippen LogP contribution in [0.1, 0.15) is 42.2 Å². The highest BCUT2D eigenvalue weighted by atomic mass is 32.1. The number of nitrogens with zero attached hydrogens (tertiary/aromatic N) is 1. The summed E-state index contributed by atoms with van der Waals surface area (Å²) in [4.78, 5) is 27.8. The summed E-state index contributed by atoms with van der Waals surface area (Å²) in [6.45, 7) is 6.82. The number of esters is 1.